The van der Waals surface area contributed by atoms with Crippen LogP contribution in [-0.2, 0) is 13.1 Å². The van der Waals surface area contributed by atoms with Crippen LogP contribution >= 0.6 is 0 Å². The van der Waals surface area contributed by atoms with Gasteiger partial charge in [-0.15, -0.1) is 0 Å². The molecule has 2 fully saturated rings. The van der Waals surface area contributed by atoms with Crippen LogP contribution in [-0.4, -0.2) is 90.1 Å². The molecule has 1 aromatic rings. The quantitative estimate of drug-likeness (QED) is 0.803. The fourth-order valence-electron chi connectivity index (χ4n) is 4.46. The number of rotatable bonds is 5. The van der Waals surface area contributed by atoms with Gasteiger partial charge in [-0.3, -0.25) is 9.80 Å². The Hall–Kier alpha value is -1.63. The monoisotopic (exact) mass is 415 g/mol. The smallest absolute Gasteiger partial charge is 0.317 e. The lowest BCUT2D eigenvalue weighted by Crippen LogP contribution is -2.46. The van der Waals surface area contributed by atoms with Crippen LogP contribution in [0.3, 0.4) is 0 Å². The van der Waals surface area contributed by atoms with Gasteiger partial charge in [-0.25, -0.2) is 4.79 Å². The molecule has 0 aliphatic carbocycles. The third-order valence-corrected chi connectivity index (χ3v) is 6.59. The molecule has 2 saturated heterocycles. The molecular weight excluding hydrogens is 374 g/mol. The summed E-state index contributed by atoms with van der Waals surface area (Å²) in [6, 6.07) is 8.62. The zero-order valence-electron chi connectivity index (χ0n) is 19.5. The maximum absolute atomic E-state index is 12.8. The van der Waals surface area contributed by atoms with Gasteiger partial charge >= 0.3 is 6.03 Å². The highest BCUT2D eigenvalue weighted by Crippen LogP contribution is 2.17. The molecule has 0 unspecified atom stereocenters. The molecule has 0 radical (unpaired) electrons. The lowest BCUT2D eigenvalue weighted by Gasteiger charge is -2.34. The molecule has 1 N–H and O–H groups in total. The van der Waals surface area contributed by atoms with Gasteiger partial charge in [0.05, 0.1) is 0 Å². The van der Waals surface area contributed by atoms with Crippen LogP contribution in [0, 0.1) is 0 Å². The Kier molecular flexibility index (Phi) is 8.14. The lowest BCUT2D eigenvalue weighted by molar-refractivity contribution is 0.131. The second-order valence-corrected chi connectivity index (χ2v) is 9.64. The number of hydrogen-bond acceptors (Lipinski definition) is 4. The Bertz CT molecular complexity index is 678. The predicted molar refractivity (Wildman–Crippen MR) is 124 cm³/mol. The van der Waals surface area contributed by atoms with E-state index in [9.17, 15) is 4.79 Å². The number of urea groups is 1. The van der Waals surface area contributed by atoms with Gasteiger partial charge in [0, 0.05) is 71.0 Å². The van der Waals surface area contributed by atoms with Crippen LogP contribution in [0.15, 0.2) is 24.3 Å². The van der Waals surface area contributed by atoms with Crippen molar-refractivity contribution in [1.82, 2.24) is 24.9 Å². The number of piperazine rings is 1. The fourth-order valence-corrected chi connectivity index (χ4v) is 4.46. The Labute approximate surface area is 183 Å². The van der Waals surface area contributed by atoms with Crippen molar-refractivity contribution in [2.24, 2.45) is 0 Å². The van der Waals surface area contributed by atoms with Crippen LogP contribution in [0.5, 0.6) is 0 Å². The molecular formula is C24H41N5O. The first kappa shape index (κ1) is 23.0. The van der Waals surface area contributed by atoms with E-state index >= 15 is 0 Å². The molecule has 0 atom stereocenters. The Morgan fingerprint density at radius 2 is 1.57 bits per heavy atom. The average molecular weight is 416 g/mol. The number of nitrogens with one attached hydrogen (secondary N) is 1. The molecule has 3 rings (SSSR count). The minimum atomic E-state index is 0.0668. The third kappa shape index (κ3) is 6.43. The average Bonchev–Trinajstić information content (AvgIpc) is 3.00. The number of nitrogens with zero attached hydrogens (tertiary/aromatic N) is 4. The SMILES string of the molecule is CCN1CCN(Cc2ccccc2CNC(=O)N2CCCN(C(C)(C)C)CC2)CC1. The molecule has 6 heteroatoms. The molecule has 168 valence electrons. The zero-order valence-corrected chi connectivity index (χ0v) is 19.5. The largest absolute Gasteiger partial charge is 0.334 e. The molecule has 0 aromatic heterocycles. The van der Waals surface area contributed by atoms with Crippen molar-refractivity contribution in [2.75, 3.05) is 58.9 Å². The summed E-state index contributed by atoms with van der Waals surface area (Å²) in [6.45, 7) is 19.9. The van der Waals surface area contributed by atoms with Gasteiger partial charge in [-0.2, -0.15) is 0 Å². The van der Waals surface area contributed by atoms with Crippen molar-refractivity contribution < 1.29 is 4.79 Å². The van der Waals surface area contributed by atoms with Crippen LogP contribution in [0.4, 0.5) is 4.79 Å². The van der Waals surface area contributed by atoms with Gasteiger partial charge in [0.1, 0.15) is 0 Å². The summed E-state index contributed by atoms with van der Waals surface area (Å²) in [5.41, 5.74) is 2.72. The van der Waals surface area contributed by atoms with Crippen LogP contribution < -0.4 is 5.32 Å². The fraction of sp³-hybridized carbons (Fsp3) is 0.708. The van der Waals surface area contributed by atoms with Crippen molar-refractivity contribution in [3.63, 3.8) is 0 Å². The molecule has 0 bridgehead atoms. The highest BCUT2D eigenvalue weighted by molar-refractivity contribution is 5.74. The molecule has 2 heterocycles. The number of hydrogen-bond donors (Lipinski definition) is 1. The van der Waals surface area contributed by atoms with Crippen molar-refractivity contribution in [1.29, 1.82) is 0 Å². The summed E-state index contributed by atoms with van der Waals surface area (Å²) in [4.78, 5) is 22.3. The number of amides is 2. The van der Waals surface area contributed by atoms with Gasteiger partial charge in [0.25, 0.3) is 0 Å². The standard InChI is InChI=1S/C24H41N5O/c1-5-26-13-15-27(16-14-26)20-22-10-7-6-9-21(22)19-25-23(30)28-11-8-12-29(18-17-28)24(2,3)4/h6-7,9-10H,5,8,11-20H2,1-4H3,(H,25,30). The number of likely N-dealkylation sites (N-methyl/N-ethyl adjacent to an activating group) is 1. The summed E-state index contributed by atoms with van der Waals surface area (Å²) >= 11 is 0. The lowest BCUT2D eigenvalue weighted by atomic mass is 10.1. The molecule has 2 amide bonds. The Balaban J connectivity index is 1.51. The van der Waals surface area contributed by atoms with Gasteiger partial charge < -0.3 is 15.1 Å². The summed E-state index contributed by atoms with van der Waals surface area (Å²) in [5, 5.41) is 3.19. The highest BCUT2D eigenvalue weighted by Gasteiger charge is 2.26. The molecule has 0 saturated carbocycles. The van der Waals surface area contributed by atoms with E-state index in [1.807, 2.05) is 4.90 Å². The summed E-state index contributed by atoms with van der Waals surface area (Å²) in [7, 11) is 0. The maximum atomic E-state index is 12.8. The first-order valence-electron chi connectivity index (χ1n) is 11.7. The molecule has 1 aromatic carbocycles. The summed E-state index contributed by atoms with van der Waals surface area (Å²) in [6.07, 6.45) is 1.03. The van der Waals surface area contributed by atoms with E-state index in [4.69, 9.17) is 0 Å². The van der Waals surface area contributed by atoms with Gasteiger partial charge in [0.2, 0.25) is 0 Å². The van der Waals surface area contributed by atoms with Crippen LogP contribution in [0.1, 0.15) is 45.2 Å². The van der Waals surface area contributed by atoms with Crippen molar-refractivity contribution >= 4 is 6.03 Å². The second-order valence-electron chi connectivity index (χ2n) is 9.64. The van der Waals surface area contributed by atoms with Gasteiger partial charge in [-0.05, 0) is 44.9 Å². The van der Waals surface area contributed by atoms with E-state index in [1.165, 1.54) is 11.1 Å². The highest BCUT2D eigenvalue weighted by atomic mass is 16.2. The predicted octanol–water partition coefficient (Wildman–Crippen LogP) is 2.84. The second kappa shape index (κ2) is 10.6. The summed E-state index contributed by atoms with van der Waals surface area (Å²) in [5.74, 6) is 0. The number of carbonyl (C=O) groups is 1. The van der Waals surface area contributed by atoms with Crippen molar-refractivity contribution in [3.05, 3.63) is 35.4 Å². The van der Waals surface area contributed by atoms with E-state index in [2.05, 4.69) is 72.0 Å². The van der Waals surface area contributed by atoms with E-state index in [1.54, 1.807) is 0 Å². The summed E-state index contributed by atoms with van der Waals surface area (Å²) < 4.78 is 0. The van der Waals surface area contributed by atoms with E-state index in [0.717, 1.165) is 71.9 Å². The van der Waals surface area contributed by atoms with Gasteiger partial charge in [-0.1, -0.05) is 31.2 Å². The normalized spacial score (nSPS) is 20.2. The van der Waals surface area contributed by atoms with Crippen LogP contribution in [0.25, 0.3) is 0 Å². The third-order valence-electron chi connectivity index (χ3n) is 6.59. The van der Waals surface area contributed by atoms with Gasteiger partial charge in [0.15, 0.2) is 0 Å². The van der Waals surface area contributed by atoms with Crippen molar-refractivity contribution in [3.8, 4) is 0 Å². The Morgan fingerprint density at radius 1 is 0.900 bits per heavy atom. The minimum Gasteiger partial charge on any atom is -0.334 e. The number of carbonyl (C=O) groups excluding carboxylic acids is 1. The Morgan fingerprint density at radius 3 is 2.23 bits per heavy atom. The molecule has 6 nitrogen and oxygen atoms in total. The van der Waals surface area contributed by atoms with Crippen molar-refractivity contribution in [2.45, 2.75) is 52.7 Å². The van der Waals surface area contributed by atoms with E-state index < -0.39 is 0 Å². The number of benzene rings is 1. The minimum absolute atomic E-state index is 0.0668. The first-order valence-corrected chi connectivity index (χ1v) is 11.7. The van der Waals surface area contributed by atoms with E-state index in [0.29, 0.717) is 6.54 Å². The molecule has 30 heavy (non-hydrogen) atoms. The maximum Gasteiger partial charge on any atom is 0.317 e. The molecule has 0 spiro atoms. The van der Waals surface area contributed by atoms with Crippen LogP contribution in [0.2, 0.25) is 0 Å². The van der Waals surface area contributed by atoms with E-state index in [-0.39, 0.29) is 11.6 Å². The first-order chi connectivity index (χ1) is 14.4. The molecule has 2 aliphatic rings. The topological polar surface area (TPSA) is 42.1 Å². The zero-order chi connectivity index (χ0) is 21.6. The molecule has 2 aliphatic heterocycles.